The first-order valence-corrected chi connectivity index (χ1v) is 15.8. The Morgan fingerprint density at radius 2 is 1.47 bits per heavy atom. The number of hydrogen-bond donors (Lipinski definition) is 0. The zero-order valence-electron chi connectivity index (χ0n) is 25.6. The van der Waals surface area contributed by atoms with Crippen molar-refractivity contribution >= 4 is 27.4 Å². The molecule has 0 saturated carbocycles. The summed E-state index contributed by atoms with van der Waals surface area (Å²) in [4.78, 5) is 21.7. The lowest BCUT2D eigenvalue weighted by molar-refractivity contribution is -0.143. The lowest BCUT2D eigenvalue weighted by Crippen LogP contribution is -2.53. The monoisotopic (exact) mass is 656 g/mol. The van der Waals surface area contributed by atoms with Gasteiger partial charge in [0, 0.05) is 38.3 Å². The molecule has 0 bridgehead atoms. The van der Waals surface area contributed by atoms with Crippen molar-refractivity contribution in [3.8, 4) is 11.1 Å². The molecule has 2 aromatic carbocycles. The lowest BCUT2D eigenvalue weighted by atomic mass is 9.81. The second-order valence-corrected chi connectivity index (χ2v) is 13.8. The van der Waals surface area contributed by atoms with Crippen LogP contribution in [0.2, 0.25) is 0 Å². The maximum absolute atomic E-state index is 14.0. The van der Waals surface area contributed by atoms with Crippen LogP contribution in [0.25, 0.3) is 11.1 Å². The predicted octanol–water partition coefficient (Wildman–Crippen LogP) is 6.51. The van der Waals surface area contributed by atoms with Crippen molar-refractivity contribution in [1.29, 1.82) is 0 Å². The van der Waals surface area contributed by atoms with Gasteiger partial charge in [-0.2, -0.15) is 30.6 Å². The molecule has 1 atom stereocenters. The summed E-state index contributed by atoms with van der Waals surface area (Å²) in [5, 5.41) is 0. The van der Waals surface area contributed by atoms with E-state index in [1.54, 1.807) is 12.1 Å². The number of carbonyl (C=O) groups is 1. The smallest absolute Gasteiger partial charge is 0.351 e. The molecule has 7 nitrogen and oxygen atoms in total. The summed E-state index contributed by atoms with van der Waals surface area (Å²) in [5.74, 6) is -0.236. The zero-order valence-corrected chi connectivity index (χ0v) is 26.4. The SMILES string of the molecule is Cc1ccccc1-c1cc(N2CCN(S(C)(=O)=O)CC2C)ncc1N(C)C(=O)C(C)(C)c1cc(C(F)(F)F)cc(C(F)(F)F)c1. The normalized spacial score (nSPS) is 17.0. The molecule has 14 heteroatoms. The quantitative estimate of drug-likeness (QED) is 0.283. The number of carbonyl (C=O) groups excluding carboxylic acids is 1. The van der Waals surface area contributed by atoms with Gasteiger partial charge in [0.15, 0.2) is 0 Å². The highest BCUT2D eigenvalue weighted by molar-refractivity contribution is 7.88. The first-order chi connectivity index (χ1) is 20.6. The van der Waals surface area contributed by atoms with E-state index in [0.29, 0.717) is 30.1 Å². The third-order valence-electron chi connectivity index (χ3n) is 8.17. The van der Waals surface area contributed by atoms with Gasteiger partial charge in [-0.3, -0.25) is 4.79 Å². The Balaban J connectivity index is 1.79. The fourth-order valence-corrected chi connectivity index (χ4v) is 6.39. The van der Waals surface area contributed by atoms with E-state index in [-0.39, 0.29) is 30.9 Å². The third-order valence-corrected chi connectivity index (χ3v) is 9.44. The van der Waals surface area contributed by atoms with Crippen LogP contribution in [0.5, 0.6) is 0 Å². The highest BCUT2D eigenvalue weighted by atomic mass is 32.2. The van der Waals surface area contributed by atoms with Crippen LogP contribution in [0.4, 0.5) is 37.8 Å². The number of sulfonamides is 1. The van der Waals surface area contributed by atoms with Gasteiger partial charge in [-0.1, -0.05) is 24.3 Å². The van der Waals surface area contributed by atoms with Crippen molar-refractivity contribution in [1.82, 2.24) is 9.29 Å². The second-order valence-electron chi connectivity index (χ2n) is 11.8. The van der Waals surface area contributed by atoms with E-state index >= 15 is 0 Å². The third kappa shape index (κ3) is 7.11. The molecule has 1 saturated heterocycles. The zero-order chi connectivity index (χ0) is 33.7. The molecule has 45 heavy (non-hydrogen) atoms. The van der Waals surface area contributed by atoms with Gasteiger partial charge in [-0.25, -0.2) is 13.4 Å². The second kappa shape index (κ2) is 11.9. The number of likely N-dealkylation sites (N-methyl/N-ethyl adjacent to an activating group) is 1. The van der Waals surface area contributed by atoms with Gasteiger partial charge in [-0.15, -0.1) is 0 Å². The maximum atomic E-state index is 14.0. The van der Waals surface area contributed by atoms with Crippen molar-refractivity contribution in [2.24, 2.45) is 0 Å². The first kappa shape index (κ1) is 34.2. The number of aromatic nitrogens is 1. The van der Waals surface area contributed by atoms with Crippen LogP contribution in [0.3, 0.4) is 0 Å². The van der Waals surface area contributed by atoms with E-state index in [1.807, 2.05) is 36.9 Å². The van der Waals surface area contributed by atoms with Crippen molar-refractivity contribution in [2.75, 3.05) is 42.7 Å². The number of amides is 1. The number of piperazine rings is 1. The number of pyridine rings is 1. The number of anilines is 2. The molecule has 244 valence electrons. The van der Waals surface area contributed by atoms with Gasteiger partial charge in [0.1, 0.15) is 5.82 Å². The van der Waals surface area contributed by atoms with Gasteiger partial charge >= 0.3 is 12.4 Å². The molecule has 0 N–H and O–H groups in total. The van der Waals surface area contributed by atoms with E-state index in [0.717, 1.165) is 17.4 Å². The van der Waals surface area contributed by atoms with E-state index in [4.69, 9.17) is 0 Å². The molecule has 1 aliphatic rings. The summed E-state index contributed by atoms with van der Waals surface area (Å²) in [6.07, 6.45) is -7.55. The molecule has 0 radical (unpaired) electrons. The van der Waals surface area contributed by atoms with Gasteiger partial charge < -0.3 is 9.80 Å². The standard InChI is InChI=1S/C31H34F6N4O3S/c1-19-9-7-8-10-24(19)25-16-27(41-12-11-40(18-20(41)2)45(6,43)44)38-17-26(25)39(5)28(42)29(3,4)21-13-22(30(32,33)34)15-23(14-21)31(35,36)37/h7-10,13-17,20H,11-12,18H2,1-6H3. The molecule has 1 unspecified atom stereocenters. The minimum atomic E-state index is -5.07. The van der Waals surface area contributed by atoms with Crippen LogP contribution in [0, 0.1) is 6.92 Å². The molecule has 3 aromatic rings. The number of aryl methyl sites for hydroxylation is 1. The first-order valence-electron chi connectivity index (χ1n) is 14.0. The summed E-state index contributed by atoms with van der Waals surface area (Å²) < 4.78 is 107. The minimum absolute atomic E-state index is 0.0312. The Labute approximate surface area is 258 Å². The largest absolute Gasteiger partial charge is 0.416 e. The summed E-state index contributed by atoms with van der Waals surface area (Å²) in [5.41, 5.74) is -2.85. The van der Waals surface area contributed by atoms with E-state index < -0.39 is 50.4 Å². The Morgan fingerprint density at radius 3 is 1.98 bits per heavy atom. The molecule has 0 spiro atoms. The topological polar surface area (TPSA) is 73.8 Å². The van der Waals surface area contributed by atoms with Crippen molar-refractivity contribution < 1.29 is 39.6 Å². The summed E-state index contributed by atoms with van der Waals surface area (Å²) in [6.45, 7) is 7.12. The molecule has 1 fully saturated rings. The van der Waals surface area contributed by atoms with Gasteiger partial charge in [0.05, 0.1) is 34.7 Å². The average molecular weight is 657 g/mol. The molecular weight excluding hydrogens is 622 g/mol. The fourth-order valence-electron chi connectivity index (χ4n) is 5.49. The van der Waals surface area contributed by atoms with Gasteiger partial charge in [0.2, 0.25) is 15.9 Å². The Morgan fingerprint density at radius 1 is 0.911 bits per heavy atom. The Bertz CT molecular complexity index is 1670. The number of rotatable bonds is 6. The molecule has 4 rings (SSSR count). The maximum Gasteiger partial charge on any atom is 0.416 e. The molecule has 2 heterocycles. The van der Waals surface area contributed by atoms with Crippen molar-refractivity contribution in [3.63, 3.8) is 0 Å². The minimum Gasteiger partial charge on any atom is -0.351 e. The average Bonchev–Trinajstić information content (AvgIpc) is 2.94. The lowest BCUT2D eigenvalue weighted by Gasteiger charge is -2.40. The van der Waals surface area contributed by atoms with E-state index in [9.17, 15) is 39.6 Å². The summed E-state index contributed by atoms with van der Waals surface area (Å²) in [6, 6.07) is 10.0. The molecular formula is C31H34F6N4O3S. The van der Waals surface area contributed by atoms with Gasteiger partial charge in [0.25, 0.3) is 0 Å². The highest BCUT2D eigenvalue weighted by Gasteiger charge is 2.41. The molecule has 0 aliphatic carbocycles. The Hall–Kier alpha value is -3.65. The fraction of sp³-hybridized carbons (Fsp3) is 0.419. The number of benzene rings is 2. The Kier molecular flexibility index (Phi) is 9.08. The highest BCUT2D eigenvalue weighted by Crippen LogP contribution is 2.41. The van der Waals surface area contributed by atoms with Crippen LogP contribution in [-0.2, 0) is 32.6 Å². The van der Waals surface area contributed by atoms with Crippen LogP contribution in [0.1, 0.15) is 43.0 Å². The molecule has 1 amide bonds. The van der Waals surface area contributed by atoms with Crippen LogP contribution < -0.4 is 9.80 Å². The predicted molar refractivity (Wildman–Crippen MR) is 161 cm³/mol. The van der Waals surface area contributed by atoms with Crippen LogP contribution in [0.15, 0.2) is 54.7 Å². The van der Waals surface area contributed by atoms with Crippen molar-refractivity contribution in [3.05, 3.63) is 77.0 Å². The number of alkyl halides is 6. The molecule has 1 aliphatic heterocycles. The van der Waals surface area contributed by atoms with Crippen LogP contribution >= 0.6 is 0 Å². The summed E-state index contributed by atoms with van der Waals surface area (Å²) in [7, 11) is -1.99. The van der Waals surface area contributed by atoms with Crippen molar-refractivity contribution in [2.45, 2.75) is 51.5 Å². The molecule has 1 aromatic heterocycles. The van der Waals surface area contributed by atoms with Gasteiger partial charge in [-0.05, 0) is 68.7 Å². The number of nitrogens with zero attached hydrogens (tertiary/aromatic N) is 4. The van der Waals surface area contributed by atoms with Crippen LogP contribution in [-0.4, -0.2) is 62.6 Å². The number of halogens is 6. The summed E-state index contributed by atoms with van der Waals surface area (Å²) >= 11 is 0. The number of hydrogen-bond acceptors (Lipinski definition) is 5. The van der Waals surface area contributed by atoms with E-state index in [1.165, 1.54) is 36.3 Å². The van der Waals surface area contributed by atoms with E-state index in [2.05, 4.69) is 4.98 Å².